The largest absolute Gasteiger partial charge is 0.381 e. The number of ether oxygens (including phenoxy) is 1. The second kappa shape index (κ2) is 4.07. The first-order valence-corrected chi connectivity index (χ1v) is 4.94. The molecule has 2 fully saturated rings. The van der Waals surface area contributed by atoms with Gasteiger partial charge in [-0.1, -0.05) is 0 Å². The maximum atomic E-state index is 10.9. The number of nitrogens with one attached hydrogen (secondary N) is 2. The fraction of sp³-hybridized carbons (Fsp3) is 0.889. The Kier molecular flexibility index (Phi) is 2.80. The molecule has 0 spiro atoms. The third-order valence-electron chi connectivity index (χ3n) is 2.88. The molecule has 0 aromatic rings. The number of carbonyl (C=O) groups is 1. The van der Waals surface area contributed by atoms with E-state index in [0.717, 1.165) is 32.6 Å². The summed E-state index contributed by atoms with van der Waals surface area (Å²) in [7, 11) is 0. The molecule has 0 aromatic heterocycles. The molecule has 2 heterocycles. The summed E-state index contributed by atoms with van der Waals surface area (Å²) in [4.78, 5) is 10.9. The van der Waals surface area contributed by atoms with Gasteiger partial charge < -0.3 is 15.4 Å². The third-order valence-corrected chi connectivity index (χ3v) is 2.88. The topological polar surface area (TPSA) is 50.4 Å². The van der Waals surface area contributed by atoms with Crippen LogP contribution in [0.1, 0.15) is 12.8 Å². The Labute approximate surface area is 78.0 Å². The van der Waals surface area contributed by atoms with Crippen LogP contribution in [0.15, 0.2) is 0 Å². The number of piperazine rings is 1. The van der Waals surface area contributed by atoms with Crippen LogP contribution in [-0.2, 0) is 9.53 Å². The van der Waals surface area contributed by atoms with Crippen LogP contribution in [0.3, 0.4) is 0 Å². The molecule has 0 radical (unpaired) electrons. The van der Waals surface area contributed by atoms with E-state index in [1.54, 1.807) is 0 Å². The summed E-state index contributed by atoms with van der Waals surface area (Å²) in [5.41, 5.74) is 0. The Hall–Kier alpha value is -0.610. The normalized spacial score (nSPS) is 31.4. The van der Waals surface area contributed by atoms with Gasteiger partial charge in [0.1, 0.15) is 0 Å². The molecule has 2 N–H and O–H groups in total. The van der Waals surface area contributed by atoms with Crippen LogP contribution in [0.2, 0.25) is 0 Å². The molecule has 0 bridgehead atoms. The van der Waals surface area contributed by atoms with E-state index >= 15 is 0 Å². The molecule has 1 amide bonds. The highest BCUT2D eigenvalue weighted by Crippen LogP contribution is 2.19. The summed E-state index contributed by atoms with van der Waals surface area (Å²) in [5.74, 6) is 0.789. The Bertz CT molecular complexity index is 180. The molecule has 2 rings (SSSR count). The van der Waals surface area contributed by atoms with Crippen molar-refractivity contribution in [2.75, 3.05) is 26.3 Å². The van der Waals surface area contributed by atoms with Crippen molar-refractivity contribution in [2.45, 2.75) is 18.9 Å². The lowest BCUT2D eigenvalue weighted by Crippen LogP contribution is -2.55. The molecular formula is C9H16N2O2. The highest BCUT2D eigenvalue weighted by atomic mass is 16.5. The minimum atomic E-state index is 0.114. The predicted octanol–water partition coefficient (Wildman–Crippen LogP) is -0.499. The van der Waals surface area contributed by atoms with Crippen molar-refractivity contribution < 1.29 is 9.53 Å². The van der Waals surface area contributed by atoms with Crippen LogP contribution < -0.4 is 10.6 Å². The number of rotatable bonds is 1. The monoisotopic (exact) mass is 184 g/mol. The third kappa shape index (κ3) is 2.19. The lowest BCUT2D eigenvalue weighted by molar-refractivity contribution is -0.122. The van der Waals surface area contributed by atoms with E-state index in [1.165, 1.54) is 0 Å². The Morgan fingerprint density at radius 1 is 1.31 bits per heavy atom. The fourth-order valence-electron chi connectivity index (χ4n) is 2.03. The molecule has 13 heavy (non-hydrogen) atoms. The number of hydrogen-bond donors (Lipinski definition) is 2. The van der Waals surface area contributed by atoms with Crippen molar-refractivity contribution in [3.05, 3.63) is 0 Å². The highest BCUT2D eigenvalue weighted by Gasteiger charge is 2.26. The van der Waals surface area contributed by atoms with Gasteiger partial charge in [-0.15, -0.1) is 0 Å². The van der Waals surface area contributed by atoms with Crippen LogP contribution in [0, 0.1) is 5.92 Å². The predicted molar refractivity (Wildman–Crippen MR) is 48.3 cm³/mol. The van der Waals surface area contributed by atoms with Gasteiger partial charge in [0, 0.05) is 25.8 Å². The maximum absolute atomic E-state index is 10.9. The van der Waals surface area contributed by atoms with Gasteiger partial charge in [0.25, 0.3) is 0 Å². The molecule has 2 aliphatic heterocycles. The SMILES string of the molecule is O=C1CNC(C2CCOCC2)CN1. The van der Waals surface area contributed by atoms with Crippen molar-refractivity contribution in [1.82, 2.24) is 10.6 Å². The molecule has 2 saturated heterocycles. The summed E-state index contributed by atoms with van der Waals surface area (Å²) < 4.78 is 5.30. The van der Waals surface area contributed by atoms with E-state index in [1.807, 2.05) is 0 Å². The average molecular weight is 184 g/mol. The van der Waals surface area contributed by atoms with E-state index in [-0.39, 0.29) is 5.91 Å². The first-order chi connectivity index (χ1) is 6.36. The molecule has 4 nitrogen and oxygen atoms in total. The number of amides is 1. The molecule has 0 saturated carbocycles. The lowest BCUT2D eigenvalue weighted by Gasteiger charge is -2.33. The molecule has 0 aromatic carbocycles. The van der Waals surface area contributed by atoms with Gasteiger partial charge in [0.15, 0.2) is 0 Å². The number of carbonyl (C=O) groups excluding carboxylic acids is 1. The van der Waals surface area contributed by atoms with Gasteiger partial charge in [0.05, 0.1) is 6.54 Å². The van der Waals surface area contributed by atoms with E-state index < -0.39 is 0 Å². The molecule has 0 aliphatic carbocycles. The molecule has 1 atom stereocenters. The van der Waals surface area contributed by atoms with Gasteiger partial charge in [-0.05, 0) is 18.8 Å². The van der Waals surface area contributed by atoms with Crippen molar-refractivity contribution in [1.29, 1.82) is 0 Å². The smallest absolute Gasteiger partial charge is 0.234 e. The van der Waals surface area contributed by atoms with Gasteiger partial charge >= 0.3 is 0 Å². The van der Waals surface area contributed by atoms with Crippen LogP contribution in [0.4, 0.5) is 0 Å². The van der Waals surface area contributed by atoms with Crippen LogP contribution in [0.25, 0.3) is 0 Å². The maximum Gasteiger partial charge on any atom is 0.234 e. The van der Waals surface area contributed by atoms with Crippen LogP contribution in [0.5, 0.6) is 0 Å². The van der Waals surface area contributed by atoms with E-state index in [9.17, 15) is 4.79 Å². The van der Waals surface area contributed by atoms with E-state index in [0.29, 0.717) is 18.5 Å². The molecule has 74 valence electrons. The second-order valence-corrected chi connectivity index (χ2v) is 3.74. The molecule has 2 aliphatic rings. The Morgan fingerprint density at radius 3 is 2.69 bits per heavy atom. The highest BCUT2D eigenvalue weighted by molar-refractivity contribution is 5.78. The van der Waals surface area contributed by atoms with Crippen molar-refractivity contribution in [3.8, 4) is 0 Å². The van der Waals surface area contributed by atoms with E-state index in [2.05, 4.69) is 10.6 Å². The summed E-state index contributed by atoms with van der Waals surface area (Å²) in [5, 5.41) is 6.16. The molecular weight excluding hydrogens is 168 g/mol. The Balaban J connectivity index is 1.82. The van der Waals surface area contributed by atoms with Gasteiger partial charge in [-0.25, -0.2) is 0 Å². The standard InChI is InChI=1S/C9H16N2O2/c12-9-6-10-8(5-11-9)7-1-3-13-4-2-7/h7-8,10H,1-6H2,(H,11,12). The number of hydrogen-bond acceptors (Lipinski definition) is 3. The van der Waals surface area contributed by atoms with Crippen molar-refractivity contribution in [3.63, 3.8) is 0 Å². The van der Waals surface area contributed by atoms with Gasteiger partial charge in [-0.2, -0.15) is 0 Å². The van der Waals surface area contributed by atoms with Crippen LogP contribution >= 0.6 is 0 Å². The zero-order chi connectivity index (χ0) is 9.10. The molecule has 1 unspecified atom stereocenters. The zero-order valence-corrected chi connectivity index (χ0v) is 7.71. The van der Waals surface area contributed by atoms with Crippen molar-refractivity contribution >= 4 is 5.91 Å². The van der Waals surface area contributed by atoms with Crippen molar-refractivity contribution in [2.24, 2.45) is 5.92 Å². The fourth-order valence-corrected chi connectivity index (χ4v) is 2.03. The van der Waals surface area contributed by atoms with E-state index in [4.69, 9.17) is 4.74 Å². The zero-order valence-electron chi connectivity index (χ0n) is 7.71. The summed E-state index contributed by atoms with van der Waals surface area (Å²) >= 11 is 0. The second-order valence-electron chi connectivity index (χ2n) is 3.74. The Morgan fingerprint density at radius 2 is 2.08 bits per heavy atom. The lowest BCUT2D eigenvalue weighted by atomic mass is 9.91. The van der Waals surface area contributed by atoms with Gasteiger partial charge in [-0.3, -0.25) is 4.79 Å². The minimum absolute atomic E-state index is 0.114. The van der Waals surface area contributed by atoms with Crippen LogP contribution in [-0.4, -0.2) is 38.3 Å². The van der Waals surface area contributed by atoms with Gasteiger partial charge in [0.2, 0.25) is 5.91 Å². The average Bonchev–Trinajstić information content (AvgIpc) is 2.20. The minimum Gasteiger partial charge on any atom is -0.381 e. The summed E-state index contributed by atoms with van der Waals surface area (Å²) in [6, 6.07) is 0.460. The first kappa shape index (κ1) is 8.97. The molecule has 4 heteroatoms. The summed E-state index contributed by atoms with van der Waals surface area (Å²) in [6.07, 6.45) is 2.24. The first-order valence-electron chi connectivity index (χ1n) is 4.94. The summed E-state index contributed by atoms with van der Waals surface area (Å²) in [6.45, 7) is 3.00. The quantitative estimate of drug-likeness (QED) is 0.577.